The molecule has 0 fully saturated rings. The molecule has 4 aromatic rings. The summed E-state index contributed by atoms with van der Waals surface area (Å²) in [7, 11) is 0. The molecule has 1 radical (unpaired) electrons. The molecule has 0 atom stereocenters. The summed E-state index contributed by atoms with van der Waals surface area (Å²) < 4.78 is 0. The molecule has 2 heterocycles. The second-order valence-corrected chi connectivity index (χ2v) is 6.66. The number of fused-ring (bicyclic) bond motifs is 2. The lowest BCUT2D eigenvalue weighted by Crippen LogP contribution is -2.37. The SMILES string of the molecule is [CH2]CCCC(C(=O)O)(c1c[nH]c2ccccc12)c1c[nH]c2ccccc12. The standard InChI is InChI=1S/C22H21N2O2/c1-2-3-12-22(21(25)26,17-13-23-19-10-6-4-8-15(17)19)18-14-24-20-11-7-5-9-16(18)20/h4-11,13-14,23-24H,1-3,12H2,(H,25,26). The number of hydrogen-bond acceptors (Lipinski definition) is 1. The molecule has 4 heteroatoms. The van der Waals surface area contributed by atoms with Crippen LogP contribution >= 0.6 is 0 Å². The molecule has 2 aromatic carbocycles. The van der Waals surface area contributed by atoms with Gasteiger partial charge in [0.05, 0.1) is 0 Å². The lowest BCUT2D eigenvalue weighted by atomic mass is 9.71. The third-order valence-corrected chi connectivity index (χ3v) is 5.26. The van der Waals surface area contributed by atoms with E-state index in [-0.39, 0.29) is 0 Å². The first kappa shape index (κ1) is 16.5. The molecule has 4 nitrogen and oxygen atoms in total. The van der Waals surface area contributed by atoms with Crippen molar-refractivity contribution in [2.45, 2.75) is 24.7 Å². The molecule has 26 heavy (non-hydrogen) atoms. The molecule has 4 rings (SSSR count). The topological polar surface area (TPSA) is 68.9 Å². The van der Waals surface area contributed by atoms with Crippen LogP contribution in [0.3, 0.4) is 0 Å². The van der Waals surface area contributed by atoms with Gasteiger partial charge in [0.25, 0.3) is 0 Å². The van der Waals surface area contributed by atoms with Crippen LogP contribution in [0.25, 0.3) is 21.8 Å². The summed E-state index contributed by atoms with van der Waals surface area (Å²) in [5.74, 6) is -0.833. The third kappa shape index (κ3) is 2.33. The van der Waals surface area contributed by atoms with Crippen molar-refractivity contribution in [2.75, 3.05) is 0 Å². The Morgan fingerprint density at radius 1 is 0.923 bits per heavy atom. The number of carbonyl (C=O) groups is 1. The minimum absolute atomic E-state index is 0.496. The van der Waals surface area contributed by atoms with E-state index in [1.54, 1.807) is 0 Å². The average Bonchev–Trinajstić information content (AvgIpc) is 3.28. The van der Waals surface area contributed by atoms with E-state index >= 15 is 0 Å². The monoisotopic (exact) mass is 345 g/mol. The van der Waals surface area contributed by atoms with Gasteiger partial charge in [0.15, 0.2) is 0 Å². The van der Waals surface area contributed by atoms with Gasteiger partial charge in [0, 0.05) is 34.2 Å². The Kier molecular flexibility index (Phi) is 4.03. The van der Waals surface area contributed by atoms with Crippen molar-refractivity contribution in [3.63, 3.8) is 0 Å². The van der Waals surface area contributed by atoms with E-state index in [0.717, 1.165) is 39.4 Å². The Morgan fingerprint density at radius 3 is 1.88 bits per heavy atom. The fraction of sp³-hybridized carbons (Fsp3) is 0.182. The highest BCUT2D eigenvalue weighted by molar-refractivity contribution is 5.99. The zero-order valence-corrected chi connectivity index (χ0v) is 14.5. The average molecular weight is 345 g/mol. The fourth-order valence-electron chi connectivity index (χ4n) is 3.99. The molecule has 2 aromatic heterocycles. The predicted molar refractivity (Wildman–Crippen MR) is 104 cm³/mol. The zero-order chi connectivity index (χ0) is 18.1. The van der Waals surface area contributed by atoms with Crippen molar-refractivity contribution in [1.82, 2.24) is 9.97 Å². The number of para-hydroxylation sites is 2. The van der Waals surface area contributed by atoms with Gasteiger partial charge in [-0.3, -0.25) is 4.79 Å². The van der Waals surface area contributed by atoms with Crippen LogP contribution in [0.4, 0.5) is 0 Å². The van der Waals surface area contributed by atoms with E-state index in [4.69, 9.17) is 0 Å². The number of nitrogens with one attached hydrogen (secondary N) is 2. The number of unbranched alkanes of at least 4 members (excludes halogenated alkanes) is 1. The maximum absolute atomic E-state index is 12.8. The van der Waals surface area contributed by atoms with Crippen LogP contribution in [0.5, 0.6) is 0 Å². The molecule has 0 saturated heterocycles. The van der Waals surface area contributed by atoms with Gasteiger partial charge >= 0.3 is 5.97 Å². The maximum atomic E-state index is 12.8. The van der Waals surface area contributed by atoms with E-state index in [1.807, 2.05) is 60.9 Å². The van der Waals surface area contributed by atoms with E-state index in [9.17, 15) is 9.90 Å². The van der Waals surface area contributed by atoms with E-state index < -0.39 is 11.4 Å². The van der Waals surface area contributed by atoms with Crippen LogP contribution in [-0.2, 0) is 10.2 Å². The number of benzene rings is 2. The quantitative estimate of drug-likeness (QED) is 0.459. The van der Waals surface area contributed by atoms with Crippen molar-refractivity contribution >= 4 is 27.8 Å². The zero-order valence-electron chi connectivity index (χ0n) is 14.5. The van der Waals surface area contributed by atoms with Crippen LogP contribution in [0.15, 0.2) is 60.9 Å². The van der Waals surface area contributed by atoms with Crippen molar-refractivity contribution in [1.29, 1.82) is 0 Å². The van der Waals surface area contributed by atoms with Crippen LogP contribution in [0, 0.1) is 6.92 Å². The minimum Gasteiger partial charge on any atom is -0.480 e. The van der Waals surface area contributed by atoms with Crippen molar-refractivity contribution in [3.05, 3.63) is 79.0 Å². The molecular weight excluding hydrogens is 324 g/mol. The molecule has 0 bridgehead atoms. The number of aromatic nitrogens is 2. The lowest BCUT2D eigenvalue weighted by molar-refractivity contribution is -0.142. The molecular formula is C22H21N2O2. The highest BCUT2D eigenvalue weighted by Gasteiger charge is 2.44. The second kappa shape index (κ2) is 6.37. The fourth-order valence-corrected chi connectivity index (χ4v) is 3.99. The third-order valence-electron chi connectivity index (χ3n) is 5.26. The van der Waals surface area contributed by atoms with Crippen LogP contribution in [0.1, 0.15) is 30.4 Å². The number of carboxylic acids is 1. The highest BCUT2D eigenvalue weighted by Crippen LogP contribution is 2.43. The molecule has 0 aliphatic heterocycles. The van der Waals surface area contributed by atoms with Crippen LogP contribution < -0.4 is 0 Å². The van der Waals surface area contributed by atoms with Gasteiger partial charge in [0.2, 0.25) is 0 Å². The van der Waals surface area contributed by atoms with E-state index in [0.29, 0.717) is 12.8 Å². The first-order chi connectivity index (χ1) is 12.7. The normalized spacial score (nSPS) is 12.0. The van der Waals surface area contributed by atoms with Gasteiger partial charge in [-0.1, -0.05) is 56.2 Å². The number of carboxylic acid groups (broad SMARTS) is 1. The van der Waals surface area contributed by atoms with Crippen LogP contribution in [0.2, 0.25) is 0 Å². The predicted octanol–water partition coefficient (Wildman–Crippen LogP) is 5.02. The van der Waals surface area contributed by atoms with Gasteiger partial charge in [0.1, 0.15) is 5.41 Å². The van der Waals surface area contributed by atoms with E-state index in [1.165, 1.54) is 0 Å². The number of H-pyrrole nitrogens is 2. The van der Waals surface area contributed by atoms with Crippen molar-refractivity contribution in [3.8, 4) is 0 Å². The molecule has 0 aliphatic rings. The van der Waals surface area contributed by atoms with Gasteiger partial charge in [-0.05, 0) is 29.7 Å². The smallest absolute Gasteiger partial charge is 0.318 e. The molecule has 3 N–H and O–H groups in total. The van der Waals surface area contributed by atoms with Gasteiger partial charge in [-0.2, -0.15) is 0 Å². The Morgan fingerprint density at radius 2 is 1.42 bits per heavy atom. The first-order valence-corrected chi connectivity index (χ1v) is 8.84. The number of aliphatic carboxylic acids is 1. The van der Waals surface area contributed by atoms with Crippen molar-refractivity contribution < 1.29 is 9.90 Å². The summed E-state index contributed by atoms with van der Waals surface area (Å²) in [6, 6.07) is 15.7. The first-order valence-electron chi connectivity index (χ1n) is 8.84. The molecule has 0 aliphatic carbocycles. The summed E-state index contributed by atoms with van der Waals surface area (Å²) in [6.45, 7) is 3.93. The van der Waals surface area contributed by atoms with Crippen molar-refractivity contribution in [2.24, 2.45) is 0 Å². The summed E-state index contributed by atoms with van der Waals surface area (Å²) in [5, 5.41) is 12.4. The van der Waals surface area contributed by atoms with Gasteiger partial charge in [-0.15, -0.1) is 0 Å². The summed E-state index contributed by atoms with van der Waals surface area (Å²) >= 11 is 0. The lowest BCUT2D eigenvalue weighted by Gasteiger charge is -2.29. The van der Waals surface area contributed by atoms with Gasteiger partial charge in [-0.25, -0.2) is 0 Å². The van der Waals surface area contributed by atoms with E-state index in [2.05, 4.69) is 16.9 Å². The molecule has 0 amide bonds. The molecule has 131 valence electrons. The van der Waals surface area contributed by atoms with Gasteiger partial charge < -0.3 is 15.1 Å². The number of rotatable bonds is 6. The Bertz CT molecular complexity index is 1000. The molecule has 0 saturated carbocycles. The maximum Gasteiger partial charge on any atom is 0.318 e. The Hall–Kier alpha value is -3.01. The largest absolute Gasteiger partial charge is 0.480 e. The highest BCUT2D eigenvalue weighted by atomic mass is 16.4. The summed E-state index contributed by atoms with van der Waals surface area (Å²) in [4.78, 5) is 19.3. The number of hydrogen-bond donors (Lipinski definition) is 3. The number of aromatic amines is 2. The Balaban J connectivity index is 2.05. The minimum atomic E-state index is -1.13. The second-order valence-electron chi connectivity index (χ2n) is 6.66. The summed E-state index contributed by atoms with van der Waals surface area (Å²) in [5.41, 5.74) is 2.37. The summed E-state index contributed by atoms with van der Waals surface area (Å²) in [6.07, 6.45) is 5.62. The van der Waals surface area contributed by atoms with Crippen LogP contribution in [-0.4, -0.2) is 21.0 Å². The molecule has 0 spiro atoms. The Labute approximate surface area is 151 Å². The molecule has 0 unspecified atom stereocenters.